The highest BCUT2D eigenvalue weighted by Crippen LogP contribution is 2.27. The van der Waals surface area contributed by atoms with Gasteiger partial charge in [0.25, 0.3) is 5.91 Å². The van der Waals surface area contributed by atoms with E-state index >= 15 is 0 Å². The SMILES string of the molecule is Cc1ccc(OCC(=O)N2CCCCC(c3ccc(Cl)cc3)C2)cc1. The molecule has 1 saturated heterocycles. The zero-order chi connectivity index (χ0) is 17.6. The van der Waals surface area contributed by atoms with Crippen molar-refractivity contribution in [2.24, 2.45) is 0 Å². The summed E-state index contributed by atoms with van der Waals surface area (Å²) in [6, 6.07) is 15.8. The fourth-order valence-corrected chi connectivity index (χ4v) is 3.37. The molecule has 0 aromatic heterocycles. The monoisotopic (exact) mass is 357 g/mol. The molecule has 1 fully saturated rings. The van der Waals surface area contributed by atoms with E-state index in [1.165, 1.54) is 11.1 Å². The van der Waals surface area contributed by atoms with Crippen LogP contribution >= 0.6 is 11.6 Å². The van der Waals surface area contributed by atoms with Crippen molar-refractivity contribution in [1.82, 2.24) is 4.90 Å². The largest absolute Gasteiger partial charge is 0.484 e. The van der Waals surface area contributed by atoms with E-state index in [4.69, 9.17) is 16.3 Å². The molecule has 0 radical (unpaired) electrons. The number of hydrogen-bond donors (Lipinski definition) is 0. The molecule has 3 nitrogen and oxygen atoms in total. The highest BCUT2D eigenvalue weighted by Gasteiger charge is 2.23. The summed E-state index contributed by atoms with van der Waals surface area (Å²) < 4.78 is 5.66. The second-order valence-electron chi connectivity index (χ2n) is 6.69. The Kier molecular flexibility index (Phi) is 5.98. The van der Waals surface area contributed by atoms with Crippen LogP contribution in [0.1, 0.15) is 36.3 Å². The molecule has 132 valence electrons. The molecule has 1 aliphatic heterocycles. The Hall–Kier alpha value is -2.00. The van der Waals surface area contributed by atoms with Crippen LogP contribution in [0, 0.1) is 6.92 Å². The first kappa shape index (κ1) is 17.8. The van der Waals surface area contributed by atoms with E-state index in [0.717, 1.165) is 43.1 Å². The second-order valence-corrected chi connectivity index (χ2v) is 7.12. The lowest BCUT2D eigenvalue weighted by Crippen LogP contribution is -2.37. The molecule has 0 bridgehead atoms. The maximum absolute atomic E-state index is 12.6. The lowest BCUT2D eigenvalue weighted by Gasteiger charge is -2.25. The van der Waals surface area contributed by atoms with Gasteiger partial charge in [-0.05, 0) is 49.6 Å². The van der Waals surface area contributed by atoms with Crippen molar-refractivity contribution in [3.63, 3.8) is 0 Å². The molecule has 0 aliphatic carbocycles. The number of rotatable bonds is 4. The predicted molar refractivity (Wildman–Crippen MR) is 101 cm³/mol. The molecule has 4 heteroatoms. The number of aryl methyl sites for hydroxylation is 1. The standard InChI is InChI=1S/C21H24ClNO2/c1-16-5-11-20(12-6-16)25-15-21(24)23-13-3-2-4-18(14-23)17-7-9-19(22)10-8-17/h5-12,18H,2-4,13-15H2,1H3. The lowest BCUT2D eigenvalue weighted by atomic mass is 9.94. The van der Waals surface area contributed by atoms with Crippen molar-refractivity contribution in [1.29, 1.82) is 0 Å². The number of carbonyl (C=O) groups is 1. The quantitative estimate of drug-likeness (QED) is 0.784. The van der Waals surface area contributed by atoms with Crippen LogP contribution in [0.15, 0.2) is 48.5 Å². The summed E-state index contributed by atoms with van der Waals surface area (Å²) in [7, 11) is 0. The number of benzene rings is 2. The van der Waals surface area contributed by atoms with Crippen LogP contribution < -0.4 is 4.74 Å². The molecule has 0 spiro atoms. The highest BCUT2D eigenvalue weighted by atomic mass is 35.5. The number of likely N-dealkylation sites (tertiary alicyclic amines) is 1. The van der Waals surface area contributed by atoms with Gasteiger partial charge in [0.1, 0.15) is 5.75 Å². The van der Waals surface area contributed by atoms with Crippen molar-refractivity contribution < 1.29 is 9.53 Å². The minimum absolute atomic E-state index is 0.0569. The van der Waals surface area contributed by atoms with Gasteiger partial charge < -0.3 is 9.64 Å². The molecule has 25 heavy (non-hydrogen) atoms. The van der Waals surface area contributed by atoms with Crippen LogP contribution in [0.3, 0.4) is 0 Å². The zero-order valence-electron chi connectivity index (χ0n) is 14.6. The van der Waals surface area contributed by atoms with Gasteiger partial charge in [-0.1, -0.05) is 47.9 Å². The van der Waals surface area contributed by atoms with E-state index in [1.54, 1.807) is 0 Å². The van der Waals surface area contributed by atoms with Crippen LogP contribution in [-0.2, 0) is 4.79 Å². The molecule has 2 aromatic rings. The summed E-state index contributed by atoms with van der Waals surface area (Å²) in [4.78, 5) is 14.5. The maximum Gasteiger partial charge on any atom is 0.260 e. The van der Waals surface area contributed by atoms with Crippen LogP contribution in [0.2, 0.25) is 5.02 Å². The number of ether oxygens (including phenoxy) is 1. The number of halogens is 1. The summed E-state index contributed by atoms with van der Waals surface area (Å²) in [5.74, 6) is 1.16. The van der Waals surface area contributed by atoms with Gasteiger partial charge in [-0.3, -0.25) is 4.79 Å². The van der Waals surface area contributed by atoms with E-state index in [0.29, 0.717) is 5.92 Å². The molecule has 1 atom stereocenters. The fourth-order valence-electron chi connectivity index (χ4n) is 3.25. The smallest absolute Gasteiger partial charge is 0.260 e. The van der Waals surface area contributed by atoms with Gasteiger partial charge in [0, 0.05) is 24.0 Å². The van der Waals surface area contributed by atoms with Crippen LogP contribution in [0.25, 0.3) is 0 Å². The first-order chi connectivity index (χ1) is 12.1. The van der Waals surface area contributed by atoms with Gasteiger partial charge in [0.05, 0.1) is 0 Å². The lowest BCUT2D eigenvalue weighted by molar-refractivity contribution is -0.133. The Morgan fingerprint density at radius 2 is 1.84 bits per heavy atom. The molecule has 3 rings (SSSR count). The Balaban J connectivity index is 1.60. The van der Waals surface area contributed by atoms with Crippen molar-refractivity contribution in [3.05, 3.63) is 64.7 Å². The topological polar surface area (TPSA) is 29.5 Å². The third kappa shape index (κ3) is 4.99. The van der Waals surface area contributed by atoms with Crippen molar-refractivity contribution in [3.8, 4) is 5.75 Å². The van der Waals surface area contributed by atoms with Gasteiger partial charge >= 0.3 is 0 Å². The first-order valence-electron chi connectivity index (χ1n) is 8.84. The van der Waals surface area contributed by atoms with Crippen molar-refractivity contribution >= 4 is 17.5 Å². The van der Waals surface area contributed by atoms with Gasteiger partial charge in [-0.2, -0.15) is 0 Å². The Labute approximate surface area is 154 Å². The zero-order valence-corrected chi connectivity index (χ0v) is 15.3. The first-order valence-corrected chi connectivity index (χ1v) is 9.22. The van der Waals surface area contributed by atoms with Gasteiger partial charge in [-0.25, -0.2) is 0 Å². The average Bonchev–Trinajstić information content (AvgIpc) is 2.88. The summed E-state index contributed by atoms with van der Waals surface area (Å²) in [6.07, 6.45) is 3.28. The van der Waals surface area contributed by atoms with Crippen molar-refractivity contribution in [2.75, 3.05) is 19.7 Å². The van der Waals surface area contributed by atoms with E-state index in [1.807, 2.05) is 48.2 Å². The normalized spacial score (nSPS) is 17.8. The van der Waals surface area contributed by atoms with Gasteiger partial charge in [-0.15, -0.1) is 0 Å². The molecule has 1 amide bonds. The van der Waals surface area contributed by atoms with Crippen LogP contribution in [0.5, 0.6) is 5.75 Å². The van der Waals surface area contributed by atoms with Crippen LogP contribution in [-0.4, -0.2) is 30.5 Å². The molecule has 0 saturated carbocycles. The van der Waals surface area contributed by atoms with E-state index in [-0.39, 0.29) is 12.5 Å². The molecule has 1 aliphatic rings. The molecular formula is C21H24ClNO2. The number of carbonyl (C=O) groups excluding carboxylic acids is 1. The minimum atomic E-state index is 0.0569. The summed E-state index contributed by atoms with van der Waals surface area (Å²) >= 11 is 5.99. The third-order valence-electron chi connectivity index (χ3n) is 4.75. The molecular weight excluding hydrogens is 334 g/mol. The van der Waals surface area contributed by atoms with E-state index in [2.05, 4.69) is 12.1 Å². The Morgan fingerprint density at radius 1 is 1.12 bits per heavy atom. The van der Waals surface area contributed by atoms with Gasteiger partial charge in [0.15, 0.2) is 6.61 Å². The van der Waals surface area contributed by atoms with Crippen molar-refractivity contribution in [2.45, 2.75) is 32.1 Å². The van der Waals surface area contributed by atoms with E-state index in [9.17, 15) is 4.79 Å². The minimum Gasteiger partial charge on any atom is -0.484 e. The van der Waals surface area contributed by atoms with Crippen LogP contribution in [0.4, 0.5) is 0 Å². The number of amides is 1. The Bertz CT molecular complexity index is 697. The summed E-state index contributed by atoms with van der Waals surface area (Å²) in [5, 5.41) is 0.747. The van der Waals surface area contributed by atoms with E-state index < -0.39 is 0 Å². The second kappa shape index (κ2) is 8.39. The average molecular weight is 358 g/mol. The molecule has 1 unspecified atom stereocenters. The predicted octanol–water partition coefficient (Wildman–Crippen LogP) is 4.82. The molecule has 2 aromatic carbocycles. The summed E-state index contributed by atoms with van der Waals surface area (Å²) in [5.41, 5.74) is 2.43. The van der Waals surface area contributed by atoms with Gasteiger partial charge in [0.2, 0.25) is 0 Å². The third-order valence-corrected chi connectivity index (χ3v) is 5.00. The summed E-state index contributed by atoms with van der Waals surface area (Å²) in [6.45, 7) is 3.68. The Morgan fingerprint density at radius 3 is 2.56 bits per heavy atom. The number of nitrogens with zero attached hydrogens (tertiary/aromatic N) is 1. The fraction of sp³-hybridized carbons (Fsp3) is 0.381. The molecule has 0 N–H and O–H groups in total. The molecule has 1 heterocycles. The maximum atomic E-state index is 12.6. The number of hydrogen-bond acceptors (Lipinski definition) is 2. The highest BCUT2D eigenvalue weighted by molar-refractivity contribution is 6.30.